The first-order chi connectivity index (χ1) is 10.2. The van der Waals surface area contributed by atoms with E-state index in [1.54, 1.807) is 6.20 Å². The molecule has 5 nitrogen and oxygen atoms in total. The Kier molecular flexibility index (Phi) is 2.92. The lowest BCUT2D eigenvalue weighted by atomic mass is 9.87. The number of thiophene rings is 1. The zero-order valence-electron chi connectivity index (χ0n) is 11.8. The van der Waals surface area contributed by atoms with Crippen LogP contribution < -0.4 is 4.90 Å². The van der Waals surface area contributed by atoms with Gasteiger partial charge in [-0.25, -0.2) is 9.97 Å². The van der Waals surface area contributed by atoms with Gasteiger partial charge in [0.2, 0.25) is 0 Å². The van der Waals surface area contributed by atoms with E-state index in [2.05, 4.69) is 19.8 Å². The third-order valence-electron chi connectivity index (χ3n) is 4.25. The SMILES string of the molecule is Cc1nccc(N2CC3CC(C2)N3C(=O)c2cccs2)n1. The maximum atomic E-state index is 12.5. The van der Waals surface area contributed by atoms with Gasteiger partial charge in [-0.1, -0.05) is 6.07 Å². The number of nitrogens with zero attached hydrogens (tertiary/aromatic N) is 4. The number of carbonyl (C=O) groups is 1. The Morgan fingerprint density at radius 1 is 1.33 bits per heavy atom. The molecule has 108 valence electrons. The zero-order valence-corrected chi connectivity index (χ0v) is 12.6. The monoisotopic (exact) mass is 300 g/mol. The number of fused-ring (bicyclic) bond motifs is 2. The van der Waals surface area contributed by atoms with Gasteiger partial charge in [0.05, 0.1) is 17.0 Å². The summed E-state index contributed by atoms with van der Waals surface area (Å²) in [5.74, 6) is 1.95. The van der Waals surface area contributed by atoms with Crippen LogP contribution in [0.5, 0.6) is 0 Å². The Bertz CT molecular complexity index is 660. The van der Waals surface area contributed by atoms with E-state index in [1.807, 2.05) is 30.5 Å². The van der Waals surface area contributed by atoms with Crippen molar-refractivity contribution in [3.63, 3.8) is 0 Å². The standard InChI is InChI=1S/C15H16N4OS/c1-10-16-5-4-14(17-10)18-8-11-7-12(9-18)19(11)15(20)13-3-2-6-21-13/h2-6,11-12H,7-9H2,1H3. The topological polar surface area (TPSA) is 49.3 Å². The molecule has 2 unspecified atom stereocenters. The number of piperidine rings is 1. The summed E-state index contributed by atoms with van der Waals surface area (Å²) in [4.78, 5) is 26.3. The fourth-order valence-electron chi connectivity index (χ4n) is 3.28. The van der Waals surface area contributed by atoms with Gasteiger partial charge in [0.15, 0.2) is 0 Å². The average Bonchev–Trinajstić information content (AvgIpc) is 3.01. The van der Waals surface area contributed by atoms with Crippen molar-refractivity contribution >= 4 is 23.1 Å². The molecule has 0 aromatic carbocycles. The van der Waals surface area contributed by atoms with Gasteiger partial charge in [0, 0.05) is 19.3 Å². The molecule has 0 N–H and O–H groups in total. The van der Waals surface area contributed by atoms with Crippen LogP contribution in [0.15, 0.2) is 29.8 Å². The quantitative estimate of drug-likeness (QED) is 0.850. The summed E-state index contributed by atoms with van der Waals surface area (Å²) in [5, 5.41) is 1.96. The minimum Gasteiger partial charge on any atom is -0.352 e. The lowest BCUT2D eigenvalue weighted by Gasteiger charge is -2.56. The van der Waals surface area contributed by atoms with Gasteiger partial charge in [0.25, 0.3) is 5.91 Å². The molecule has 3 aliphatic heterocycles. The molecule has 5 heterocycles. The smallest absolute Gasteiger partial charge is 0.264 e. The van der Waals surface area contributed by atoms with E-state index in [0.717, 1.165) is 36.0 Å². The molecule has 3 saturated heterocycles. The largest absolute Gasteiger partial charge is 0.352 e. The number of aromatic nitrogens is 2. The van der Waals surface area contributed by atoms with E-state index < -0.39 is 0 Å². The Morgan fingerprint density at radius 3 is 2.81 bits per heavy atom. The van der Waals surface area contributed by atoms with Gasteiger partial charge in [0.1, 0.15) is 11.6 Å². The Balaban J connectivity index is 1.50. The van der Waals surface area contributed by atoms with Crippen molar-refractivity contribution in [3.05, 3.63) is 40.5 Å². The molecule has 0 spiro atoms. The van der Waals surface area contributed by atoms with Crippen molar-refractivity contribution in [1.82, 2.24) is 14.9 Å². The normalized spacial score (nSPS) is 23.9. The summed E-state index contributed by atoms with van der Waals surface area (Å²) >= 11 is 1.52. The van der Waals surface area contributed by atoms with Crippen LogP contribution in [0, 0.1) is 6.92 Å². The molecule has 6 heteroatoms. The second-order valence-electron chi connectivity index (χ2n) is 5.60. The summed E-state index contributed by atoms with van der Waals surface area (Å²) < 4.78 is 0. The van der Waals surface area contributed by atoms with Crippen LogP contribution >= 0.6 is 11.3 Å². The number of carbonyl (C=O) groups excluding carboxylic acids is 1. The molecule has 1 amide bonds. The molecule has 2 bridgehead atoms. The van der Waals surface area contributed by atoms with Crippen LogP contribution in [0.1, 0.15) is 21.9 Å². The van der Waals surface area contributed by atoms with E-state index in [4.69, 9.17) is 0 Å². The molecule has 21 heavy (non-hydrogen) atoms. The molecular formula is C15H16N4OS. The van der Waals surface area contributed by atoms with Gasteiger partial charge in [-0.2, -0.15) is 0 Å². The van der Waals surface area contributed by atoms with Crippen LogP contribution in [0.25, 0.3) is 0 Å². The predicted molar refractivity (Wildman–Crippen MR) is 81.7 cm³/mol. The molecule has 2 atom stereocenters. The zero-order chi connectivity index (χ0) is 14.4. The van der Waals surface area contributed by atoms with Crippen LogP contribution in [-0.4, -0.2) is 45.9 Å². The number of amides is 1. The van der Waals surface area contributed by atoms with Crippen molar-refractivity contribution in [3.8, 4) is 0 Å². The molecule has 2 aromatic rings. The summed E-state index contributed by atoms with van der Waals surface area (Å²) in [7, 11) is 0. The van der Waals surface area contributed by atoms with Crippen LogP contribution in [0.4, 0.5) is 5.82 Å². The van der Waals surface area contributed by atoms with E-state index in [9.17, 15) is 4.79 Å². The Hall–Kier alpha value is -1.95. The Morgan fingerprint density at radius 2 is 2.14 bits per heavy atom. The third-order valence-corrected chi connectivity index (χ3v) is 5.10. The van der Waals surface area contributed by atoms with Crippen LogP contribution in [0.3, 0.4) is 0 Å². The van der Waals surface area contributed by atoms with Crippen LogP contribution in [-0.2, 0) is 0 Å². The van der Waals surface area contributed by atoms with E-state index in [-0.39, 0.29) is 5.91 Å². The lowest BCUT2D eigenvalue weighted by Crippen LogP contribution is -2.70. The van der Waals surface area contributed by atoms with Crippen LogP contribution in [0.2, 0.25) is 0 Å². The van der Waals surface area contributed by atoms with Gasteiger partial charge in [-0.05, 0) is 30.9 Å². The first-order valence-corrected chi connectivity index (χ1v) is 8.01. The van der Waals surface area contributed by atoms with Gasteiger partial charge < -0.3 is 9.80 Å². The van der Waals surface area contributed by atoms with Crippen molar-refractivity contribution in [2.75, 3.05) is 18.0 Å². The number of hydrogen-bond donors (Lipinski definition) is 0. The molecule has 0 aliphatic carbocycles. The third kappa shape index (κ3) is 2.10. The summed E-state index contributed by atoms with van der Waals surface area (Å²) in [6.07, 6.45) is 2.91. The maximum Gasteiger partial charge on any atom is 0.264 e. The van der Waals surface area contributed by atoms with Crippen molar-refractivity contribution in [1.29, 1.82) is 0 Å². The molecule has 3 aliphatic rings. The van der Waals surface area contributed by atoms with Gasteiger partial charge in [-0.15, -0.1) is 11.3 Å². The number of hydrogen-bond acceptors (Lipinski definition) is 5. The Labute approximate surface area is 127 Å². The summed E-state index contributed by atoms with van der Waals surface area (Å²) in [6.45, 7) is 3.63. The molecule has 3 fully saturated rings. The fourth-order valence-corrected chi connectivity index (χ4v) is 3.94. The minimum absolute atomic E-state index is 0.185. The summed E-state index contributed by atoms with van der Waals surface area (Å²) in [5.41, 5.74) is 0. The number of anilines is 1. The van der Waals surface area contributed by atoms with Gasteiger partial charge >= 0.3 is 0 Å². The van der Waals surface area contributed by atoms with Gasteiger partial charge in [-0.3, -0.25) is 4.79 Å². The molecule has 0 saturated carbocycles. The minimum atomic E-state index is 0.185. The summed E-state index contributed by atoms with van der Waals surface area (Å²) in [6, 6.07) is 6.42. The first kappa shape index (κ1) is 12.8. The highest BCUT2D eigenvalue weighted by Crippen LogP contribution is 2.35. The van der Waals surface area contributed by atoms with E-state index >= 15 is 0 Å². The lowest BCUT2D eigenvalue weighted by molar-refractivity contribution is 0.00620. The average molecular weight is 300 g/mol. The van der Waals surface area contributed by atoms with E-state index in [0.29, 0.717) is 12.1 Å². The predicted octanol–water partition coefficient (Wildman–Crippen LogP) is 1.95. The first-order valence-electron chi connectivity index (χ1n) is 7.13. The number of aryl methyl sites for hydroxylation is 1. The highest BCUT2D eigenvalue weighted by atomic mass is 32.1. The van der Waals surface area contributed by atoms with E-state index in [1.165, 1.54) is 11.3 Å². The highest BCUT2D eigenvalue weighted by molar-refractivity contribution is 7.12. The van der Waals surface area contributed by atoms with Crippen molar-refractivity contribution < 1.29 is 4.79 Å². The molecule has 5 rings (SSSR count). The fraction of sp³-hybridized carbons (Fsp3) is 0.400. The maximum absolute atomic E-state index is 12.5. The molecule has 2 aromatic heterocycles. The number of rotatable bonds is 2. The molecule has 0 radical (unpaired) electrons. The van der Waals surface area contributed by atoms with Crippen molar-refractivity contribution in [2.24, 2.45) is 0 Å². The highest BCUT2D eigenvalue weighted by Gasteiger charge is 2.47. The molecular weight excluding hydrogens is 284 g/mol. The van der Waals surface area contributed by atoms with Crippen molar-refractivity contribution in [2.45, 2.75) is 25.4 Å². The number of piperazine rings is 1. The second kappa shape index (κ2) is 4.80. The second-order valence-corrected chi connectivity index (χ2v) is 6.55.